The Morgan fingerprint density at radius 2 is 1.26 bits per heavy atom. The highest BCUT2D eigenvalue weighted by Gasteiger charge is 2.50. The molecule has 0 bridgehead atoms. The molecule has 27 heavy (non-hydrogen) atoms. The van der Waals surface area contributed by atoms with Crippen LogP contribution in [0.15, 0.2) is 12.2 Å². The van der Waals surface area contributed by atoms with Crippen molar-refractivity contribution in [2.75, 3.05) is 33.0 Å². The largest absolute Gasteiger partial charge is 0.462 e. The van der Waals surface area contributed by atoms with Crippen molar-refractivity contribution in [2.45, 2.75) is 59.3 Å². The zero-order valence-electron chi connectivity index (χ0n) is 17.1. The van der Waals surface area contributed by atoms with Crippen LogP contribution in [-0.4, -0.2) is 44.4 Å². The van der Waals surface area contributed by atoms with Crippen molar-refractivity contribution in [3.05, 3.63) is 12.2 Å². The van der Waals surface area contributed by atoms with Crippen LogP contribution in [0.2, 0.25) is 0 Å². The van der Waals surface area contributed by atoms with Crippen LogP contribution in [0.5, 0.6) is 0 Å². The topological polar surface area (TPSA) is 97.4 Å². The first-order chi connectivity index (χ1) is 12.7. The molecule has 0 aromatic rings. The van der Waals surface area contributed by atoms with E-state index in [4.69, 9.17) is 22.8 Å². The molecule has 0 amide bonds. The molecule has 0 aliphatic rings. The van der Waals surface area contributed by atoms with Gasteiger partial charge in [0, 0.05) is 5.57 Å². The monoisotopic (exact) mass is 428 g/mol. The highest BCUT2D eigenvalue weighted by Crippen LogP contribution is 2.71. The molecule has 0 N–H and O–H groups in total. The zero-order chi connectivity index (χ0) is 20.9. The fourth-order valence-corrected chi connectivity index (χ4v) is 7.81. The van der Waals surface area contributed by atoms with Crippen LogP contribution in [-0.2, 0) is 36.8 Å². The van der Waals surface area contributed by atoms with Gasteiger partial charge in [0.25, 0.3) is 0 Å². The number of ether oxygens (including phenoxy) is 1. The van der Waals surface area contributed by atoms with Crippen LogP contribution in [0.4, 0.5) is 0 Å². The van der Waals surface area contributed by atoms with E-state index in [0.29, 0.717) is 18.4 Å². The van der Waals surface area contributed by atoms with Gasteiger partial charge in [-0.1, -0.05) is 6.58 Å². The van der Waals surface area contributed by atoms with Gasteiger partial charge < -0.3 is 22.8 Å². The summed E-state index contributed by atoms with van der Waals surface area (Å²) >= 11 is 0. The van der Waals surface area contributed by atoms with Crippen molar-refractivity contribution in [3.63, 3.8) is 0 Å². The van der Waals surface area contributed by atoms with Gasteiger partial charge in [-0.15, -0.1) is 0 Å². The second-order valence-corrected chi connectivity index (χ2v) is 10.5. The van der Waals surface area contributed by atoms with Gasteiger partial charge in [0.05, 0.1) is 33.0 Å². The molecule has 0 unspecified atom stereocenters. The van der Waals surface area contributed by atoms with E-state index in [1.54, 1.807) is 34.6 Å². The summed E-state index contributed by atoms with van der Waals surface area (Å²) in [5, 5.41) is -1.04. The Hall–Kier alpha value is -0.490. The summed E-state index contributed by atoms with van der Waals surface area (Å²) in [6.45, 7) is 12.6. The Balaban J connectivity index is 5.28. The molecule has 0 aromatic heterocycles. The fourth-order valence-electron chi connectivity index (χ4n) is 2.34. The standard InChI is InChI=1S/C17H34O8P2/c1-7-22-26(19,23-8-2)16(27(20,24-9-3)25-10-4)13-11-12-14-21-17(18)15(5)6/h16H,5,7-14H2,1-4,6H3. The molecule has 0 atom stereocenters. The molecule has 160 valence electrons. The molecule has 0 saturated heterocycles. The Bertz CT molecular complexity index is 499. The molecule has 0 aliphatic carbocycles. The number of hydrogen-bond acceptors (Lipinski definition) is 8. The van der Waals surface area contributed by atoms with Gasteiger partial charge in [0.2, 0.25) is 0 Å². The van der Waals surface area contributed by atoms with E-state index >= 15 is 0 Å². The van der Waals surface area contributed by atoms with Crippen LogP contribution in [0.1, 0.15) is 53.9 Å². The average molecular weight is 428 g/mol. The molecule has 8 nitrogen and oxygen atoms in total. The van der Waals surface area contributed by atoms with Gasteiger partial charge in [-0.2, -0.15) is 0 Å². The maximum Gasteiger partial charge on any atom is 0.345 e. The van der Waals surface area contributed by atoms with Gasteiger partial charge >= 0.3 is 21.2 Å². The van der Waals surface area contributed by atoms with E-state index in [9.17, 15) is 13.9 Å². The predicted octanol–water partition coefficient (Wildman–Crippen LogP) is 5.13. The number of esters is 1. The molecular weight excluding hydrogens is 394 g/mol. The Morgan fingerprint density at radius 3 is 1.59 bits per heavy atom. The summed E-state index contributed by atoms with van der Waals surface area (Å²) in [7, 11) is -7.46. The summed E-state index contributed by atoms with van der Waals surface area (Å²) in [6, 6.07) is 0. The normalized spacial score (nSPS) is 12.4. The quantitative estimate of drug-likeness (QED) is 0.144. The number of hydrogen-bond donors (Lipinski definition) is 0. The molecule has 0 spiro atoms. The molecule has 0 heterocycles. The smallest absolute Gasteiger partial charge is 0.345 e. The number of rotatable bonds is 16. The van der Waals surface area contributed by atoms with E-state index < -0.39 is 26.6 Å². The van der Waals surface area contributed by atoms with Gasteiger partial charge in [-0.3, -0.25) is 9.13 Å². The number of carbonyl (C=O) groups is 1. The molecule has 0 aliphatic heterocycles. The maximum absolute atomic E-state index is 13.3. The first kappa shape index (κ1) is 26.5. The SMILES string of the molecule is C=C(C)C(=O)OCCCCC(P(=O)(OCC)OCC)P(=O)(OCC)OCC. The van der Waals surface area contributed by atoms with E-state index in [2.05, 4.69) is 6.58 Å². The second kappa shape index (κ2) is 13.6. The van der Waals surface area contributed by atoms with Crippen molar-refractivity contribution in [1.82, 2.24) is 0 Å². The van der Waals surface area contributed by atoms with Gasteiger partial charge in [-0.05, 0) is 53.9 Å². The lowest BCUT2D eigenvalue weighted by atomic mass is 10.2. The van der Waals surface area contributed by atoms with Crippen molar-refractivity contribution >= 4 is 21.2 Å². The summed E-state index contributed by atoms with van der Waals surface area (Å²) in [5.41, 5.74) is 0.322. The highest BCUT2D eigenvalue weighted by atomic mass is 31.2. The lowest BCUT2D eigenvalue weighted by Gasteiger charge is -2.31. The van der Waals surface area contributed by atoms with Gasteiger partial charge in [0.15, 0.2) is 5.40 Å². The third-order valence-corrected chi connectivity index (χ3v) is 9.55. The van der Waals surface area contributed by atoms with Crippen molar-refractivity contribution in [1.29, 1.82) is 0 Å². The second-order valence-electron chi connectivity index (χ2n) is 5.64. The van der Waals surface area contributed by atoms with Crippen LogP contribution < -0.4 is 0 Å². The predicted molar refractivity (Wildman–Crippen MR) is 105 cm³/mol. The minimum atomic E-state index is -3.73. The Kier molecular flexibility index (Phi) is 13.4. The number of carbonyl (C=O) groups excluding carboxylic acids is 1. The van der Waals surface area contributed by atoms with E-state index in [1.165, 1.54) is 0 Å². The van der Waals surface area contributed by atoms with E-state index in [1.807, 2.05) is 0 Å². The highest BCUT2D eigenvalue weighted by molar-refractivity contribution is 7.72. The summed E-state index contributed by atoms with van der Waals surface area (Å²) < 4.78 is 53.2. The third-order valence-electron chi connectivity index (χ3n) is 3.40. The van der Waals surface area contributed by atoms with Crippen LogP contribution in [0, 0.1) is 0 Å². The first-order valence-corrected chi connectivity index (χ1v) is 12.5. The lowest BCUT2D eigenvalue weighted by Crippen LogP contribution is -2.18. The fraction of sp³-hybridized carbons (Fsp3) is 0.824. The molecule has 0 fully saturated rings. The Labute approximate surface area is 163 Å². The van der Waals surface area contributed by atoms with Crippen LogP contribution in [0.25, 0.3) is 0 Å². The minimum absolute atomic E-state index is 0.141. The van der Waals surface area contributed by atoms with Crippen LogP contribution >= 0.6 is 15.2 Å². The van der Waals surface area contributed by atoms with Crippen LogP contribution in [0.3, 0.4) is 0 Å². The van der Waals surface area contributed by atoms with Crippen molar-refractivity contribution < 1.29 is 36.8 Å². The molecule has 10 heteroatoms. The van der Waals surface area contributed by atoms with E-state index in [0.717, 1.165) is 0 Å². The molecular formula is C17H34O8P2. The molecule has 0 aromatic carbocycles. The maximum atomic E-state index is 13.3. The van der Waals surface area contributed by atoms with Crippen molar-refractivity contribution in [3.8, 4) is 0 Å². The summed E-state index contributed by atoms with van der Waals surface area (Å²) in [5.74, 6) is -0.463. The van der Waals surface area contributed by atoms with Gasteiger partial charge in [0.1, 0.15) is 0 Å². The minimum Gasteiger partial charge on any atom is -0.462 e. The average Bonchev–Trinajstić information content (AvgIpc) is 2.58. The number of unbranched alkanes of at least 4 members (excludes halogenated alkanes) is 1. The zero-order valence-corrected chi connectivity index (χ0v) is 18.9. The Morgan fingerprint density at radius 1 is 0.852 bits per heavy atom. The first-order valence-electron chi connectivity index (χ1n) is 9.30. The summed E-state index contributed by atoms with van der Waals surface area (Å²) in [6.07, 6.45) is 1.19. The lowest BCUT2D eigenvalue weighted by molar-refractivity contribution is -0.139. The van der Waals surface area contributed by atoms with Gasteiger partial charge in [-0.25, -0.2) is 4.79 Å². The third kappa shape index (κ3) is 9.03. The summed E-state index contributed by atoms with van der Waals surface area (Å²) in [4.78, 5) is 11.4. The van der Waals surface area contributed by atoms with Crippen molar-refractivity contribution in [2.24, 2.45) is 0 Å². The molecule has 0 saturated carbocycles. The molecule has 0 radical (unpaired) electrons. The van der Waals surface area contributed by atoms with E-state index in [-0.39, 0.29) is 39.5 Å². The molecule has 0 rings (SSSR count).